The molecule has 1 amide bonds. The lowest BCUT2D eigenvalue weighted by atomic mass is 10.0. The number of carbonyl (C=O) groups excluding carboxylic acids is 1. The third-order valence-electron chi connectivity index (χ3n) is 11.7. The van der Waals surface area contributed by atoms with Crippen molar-refractivity contribution < 1.29 is 20.1 Å². The Labute approximate surface area is 355 Å². The molecule has 0 spiro atoms. The van der Waals surface area contributed by atoms with Crippen LogP contribution in [-0.4, -0.2) is 46.1 Å². The molecule has 0 bridgehead atoms. The van der Waals surface area contributed by atoms with E-state index in [0.29, 0.717) is 6.42 Å². The minimum atomic E-state index is -1.10. The number of hydrogen-bond donors (Lipinski definition) is 4. The monoisotopic (exact) mass is 802 g/mol. The molecule has 3 atom stereocenters. The molecule has 0 saturated heterocycles. The van der Waals surface area contributed by atoms with Crippen molar-refractivity contribution in [1.29, 1.82) is 0 Å². The first-order valence-corrected chi connectivity index (χ1v) is 25.3. The van der Waals surface area contributed by atoms with E-state index in [4.69, 9.17) is 0 Å². The van der Waals surface area contributed by atoms with Gasteiger partial charge in [0, 0.05) is 0 Å². The standard InChI is InChI=1S/C52H99NO4/c1-3-5-7-9-11-13-15-17-19-21-22-23-24-25-26-27-28-29-31-33-35-37-39-41-43-45-47-51(56)52(57)53-49(48-54)50(55)46-44-42-40-38-36-34-32-30-20-18-16-14-12-10-8-6-4-2/h22-23,25-26,44,46,49-51,54-56H,3-21,24,27-43,45,47-48H2,1-2H3,(H,53,57)/b23-22-,26-25-,46-44+. The fraction of sp³-hybridized carbons (Fsp3) is 0.865. The maximum atomic E-state index is 12.5. The van der Waals surface area contributed by atoms with E-state index in [2.05, 4.69) is 43.5 Å². The summed E-state index contributed by atoms with van der Waals surface area (Å²) in [7, 11) is 0. The normalized spacial score (nSPS) is 13.7. The van der Waals surface area contributed by atoms with Crippen LogP contribution in [0.3, 0.4) is 0 Å². The maximum Gasteiger partial charge on any atom is 0.249 e. The van der Waals surface area contributed by atoms with Gasteiger partial charge in [0.15, 0.2) is 0 Å². The van der Waals surface area contributed by atoms with Gasteiger partial charge in [0.1, 0.15) is 6.10 Å². The number of allylic oxidation sites excluding steroid dienone is 5. The van der Waals surface area contributed by atoms with E-state index in [0.717, 1.165) is 38.5 Å². The summed E-state index contributed by atoms with van der Waals surface area (Å²) in [5.41, 5.74) is 0. The van der Waals surface area contributed by atoms with Gasteiger partial charge >= 0.3 is 0 Å². The zero-order valence-electron chi connectivity index (χ0n) is 38.2. The van der Waals surface area contributed by atoms with Gasteiger partial charge in [-0.3, -0.25) is 4.79 Å². The topological polar surface area (TPSA) is 89.8 Å². The molecule has 5 heteroatoms. The minimum Gasteiger partial charge on any atom is -0.394 e. The molecule has 0 aliphatic heterocycles. The van der Waals surface area contributed by atoms with E-state index >= 15 is 0 Å². The summed E-state index contributed by atoms with van der Waals surface area (Å²) >= 11 is 0. The molecule has 57 heavy (non-hydrogen) atoms. The van der Waals surface area contributed by atoms with E-state index in [1.807, 2.05) is 6.08 Å². The predicted molar refractivity (Wildman–Crippen MR) is 250 cm³/mol. The Morgan fingerprint density at radius 1 is 0.439 bits per heavy atom. The van der Waals surface area contributed by atoms with Crippen molar-refractivity contribution in [3.63, 3.8) is 0 Å². The molecule has 0 radical (unpaired) electrons. The molecule has 5 nitrogen and oxygen atoms in total. The Kier molecular flexibility index (Phi) is 46.1. The first-order chi connectivity index (χ1) is 28.1. The van der Waals surface area contributed by atoms with E-state index in [1.165, 1.54) is 205 Å². The molecule has 0 aliphatic rings. The number of carbonyl (C=O) groups is 1. The average molecular weight is 802 g/mol. The zero-order valence-corrected chi connectivity index (χ0v) is 38.2. The molecule has 0 saturated carbocycles. The van der Waals surface area contributed by atoms with Gasteiger partial charge in [0.2, 0.25) is 5.91 Å². The molecule has 0 fully saturated rings. The molecule has 0 aromatic heterocycles. The molecule has 0 aromatic rings. The van der Waals surface area contributed by atoms with Crippen LogP contribution in [0, 0.1) is 0 Å². The molecular weight excluding hydrogens is 703 g/mol. The molecule has 0 rings (SSSR count). The Morgan fingerprint density at radius 2 is 0.754 bits per heavy atom. The molecule has 4 N–H and O–H groups in total. The highest BCUT2D eigenvalue weighted by Gasteiger charge is 2.22. The fourth-order valence-corrected chi connectivity index (χ4v) is 7.75. The number of unbranched alkanes of at least 4 members (excludes halogenated alkanes) is 34. The van der Waals surface area contributed by atoms with Crippen molar-refractivity contribution in [1.82, 2.24) is 5.32 Å². The number of nitrogens with one attached hydrogen (secondary N) is 1. The number of hydrogen-bond acceptors (Lipinski definition) is 4. The summed E-state index contributed by atoms with van der Waals surface area (Å²) in [5.74, 6) is -0.504. The van der Waals surface area contributed by atoms with Crippen LogP contribution < -0.4 is 5.32 Å². The number of amides is 1. The predicted octanol–water partition coefficient (Wildman–Crippen LogP) is 15.1. The highest BCUT2D eigenvalue weighted by molar-refractivity contribution is 5.80. The van der Waals surface area contributed by atoms with Gasteiger partial charge in [-0.2, -0.15) is 0 Å². The second-order valence-corrected chi connectivity index (χ2v) is 17.4. The van der Waals surface area contributed by atoms with Crippen LogP contribution in [0.4, 0.5) is 0 Å². The second kappa shape index (κ2) is 47.3. The van der Waals surface area contributed by atoms with Crippen molar-refractivity contribution in [3.8, 4) is 0 Å². The van der Waals surface area contributed by atoms with Gasteiger partial charge < -0.3 is 20.6 Å². The van der Waals surface area contributed by atoms with Gasteiger partial charge in [-0.25, -0.2) is 0 Å². The van der Waals surface area contributed by atoms with E-state index < -0.39 is 24.2 Å². The van der Waals surface area contributed by atoms with Gasteiger partial charge in [-0.1, -0.05) is 249 Å². The summed E-state index contributed by atoms with van der Waals surface area (Å²) in [5, 5.41) is 33.3. The Bertz CT molecular complexity index is 885. The lowest BCUT2D eigenvalue weighted by Gasteiger charge is -2.21. The van der Waals surface area contributed by atoms with Gasteiger partial charge in [0.25, 0.3) is 0 Å². The first-order valence-electron chi connectivity index (χ1n) is 25.3. The van der Waals surface area contributed by atoms with Crippen LogP contribution in [0.1, 0.15) is 264 Å². The SMILES string of the molecule is CCCCCCCCCCC/C=C\C/C=C\CCCCCCCCCCCCC(O)C(=O)NC(CO)C(O)/C=C/CCCCCCCCCCCCCCCCC. The smallest absolute Gasteiger partial charge is 0.249 e. The molecular formula is C52H99NO4. The number of aliphatic hydroxyl groups is 3. The summed E-state index contributed by atoms with van der Waals surface area (Å²) in [6, 6.07) is -0.799. The second-order valence-electron chi connectivity index (χ2n) is 17.4. The summed E-state index contributed by atoms with van der Waals surface area (Å²) in [6.07, 6.45) is 60.5. The summed E-state index contributed by atoms with van der Waals surface area (Å²) < 4.78 is 0. The number of rotatable bonds is 46. The van der Waals surface area contributed by atoms with Crippen LogP contribution in [0.2, 0.25) is 0 Å². The van der Waals surface area contributed by atoms with Crippen molar-refractivity contribution in [3.05, 3.63) is 36.5 Å². The van der Waals surface area contributed by atoms with Crippen molar-refractivity contribution in [2.24, 2.45) is 0 Å². The highest BCUT2D eigenvalue weighted by atomic mass is 16.3. The van der Waals surface area contributed by atoms with Gasteiger partial charge in [-0.05, 0) is 51.4 Å². The van der Waals surface area contributed by atoms with Crippen LogP contribution in [0.25, 0.3) is 0 Å². The molecule has 0 aromatic carbocycles. The third-order valence-corrected chi connectivity index (χ3v) is 11.7. The molecule has 0 heterocycles. The van der Waals surface area contributed by atoms with Crippen molar-refractivity contribution >= 4 is 5.91 Å². The van der Waals surface area contributed by atoms with Crippen molar-refractivity contribution in [2.45, 2.75) is 283 Å². The summed E-state index contributed by atoms with van der Waals surface area (Å²) in [6.45, 7) is 4.20. The Hall–Kier alpha value is -1.43. The van der Waals surface area contributed by atoms with E-state index in [-0.39, 0.29) is 6.61 Å². The third kappa shape index (κ3) is 42.5. The zero-order chi connectivity index (χ0) is 41.5. The van der Waals surface area contributed by atoms with Crippen LogP contribution in [-0.2, 0) is 4.79 Å². The van der Waals surface area contributed by atoms with Crippen LogP contribution in [0.15, 0.2) is 36.5 Å². The van der Waals surface area contributed by atoms with Crippen LogP contribution in [0.5, 0.6) is 0 Å². The Balaban J connectivity index is 3.62. The maximum absolute atomic E-state index is 12.5. The van der Waals surface area contributed by atoms with Gasteiger partial charge in [0.05, 0.1) is 18.8 Å². The first kappa shape index (κ1) is 55.6. The highest BCUT2D eigenvalue weighted by Crippen LogP contribution is 2.16. The van der Waals surface area contributed by atoms with Gasteiger partial charge in [-0.15, -0.1) is 0 Å². The largest absolute Gasteiger partial charge is 0.394 e. The quantitative estimate of drug-likeness (QED) is 0.0365. The summed E-state index contributed by atoms with van der Waals surface area (Å²) in [4.78, 5) is 12.5. The van der Waals surface area contributed by atoms with E-state index in [1.54, 1.807) is 6.08 Å². The van der Waals surface area contributed by atoms with E-state index in [9.17, 15) is 20.1 Å². The average Bonchev–Trinajstić information content (AvgIpc) is 3.22. The number of aliphatic hydroxyl groups excluding tert-OH is 3. The molecule has 336 valence electrons. The van der Waals surface area contributed by atoms with Crippen LogP contribution >= 0.6 is 0 Å². The lowest BCUT2D eigenvalue weighted by molar-refractivity contribution is -0.131. The lowest BCUT2D eigenvalue weighted by Crippen LogP contribution is -2.48. The molecule has 0 aliphatic carbocycles. The molecule has 3 unspecified atom stereocenters. The van der Waals surface area contributed by atoms with Crippen molar-refractivity contribution in [2.75, 3.05) is 6.61 Å². The minimum absolute atomic E-state index is 0.364. The fourth-order valence-electron chi connectivity index (χ4n) is 7.75. The Morgan fingerprint density at radius 3 is 1.11 bits per heavy atom.